The first-order valence-electron chi connectivity index (χ1n) is 9.54. The lowest BCUT2D eigenvalue weighted by Crippen LogP contribution is -2.39. The lowest BCUT2D eigenvalue weighted by Gasteiger charge is -2.31. The molecule has 1 fully saturated rings. The van der Waals surface area contributed by atoms with Gasteiger partial charge < -0.3 is 15.3 Å². The van der Waals surface area contributed by atoms with E-state index in [1.807, 2.05) is 12.1 Å². The topological polar surface area (TPSA) is 81.0 Å². The van der Waals surface area contributed by atoms with Crippen molar-refractivity contribution < 1.29 is 9.18 Å². The number of halogens is 1. The van der Waals surface area contributed by atoms with Crippen molar-refractivity contribution in [2.45, 2.75) is 19.3 Å². The van der Waals surface area contributed by atoms with Crippen molar-refractivity contribution in [3.05, 3.63) is 64.3 Å². The minimum atomic E-state index is -0.262. The molecule has 146 valence electrons. The van der Waals surface area contributed by atoms with Crippen LogP contribution < -0.4 is 11.0 Å². The number of aromatic nitrogens is 2. The molecule has 1 aliphatic rings. The third kappa shape index (κ3) is 4.48. The molecule has 7 heteroatoms. The monoisotopic (exact) mass is 382 g/mol. The first-order chi connectivity index (χ1) is 13.5. The van der Waals surface area contributed by atoms with Crippen LogP contribution >= 0.6 is 0 Å². The predicted molar refractivity (Wildman–Crippen MR) is 107 cm³/mol. The summed E-state index contributed by atoms with van der Waals surface area (Å²) >= 11 is 0. The molecule has 28 heavy (non-hydrogen) atoms. The number of aromatic amines is 2. The minimum Gasteiger partial charge on any atom is -0.325 e. The summed E-state index contributed by atoms with van der Waals surface area (Å²) in [6.07, 6.45) is 3.01. The largest absolute Gasteiger partial charge is 0.325 e. The van der Waals surface area contributed by atoms with Gasteiger partial charge in [-0.25, -0.2) is 9.18 Å². The maximum atomic E-state index is 13.0. The van der Waals surface area contributed by atoms with Crippen molar-refractivity contribution in [2.24, 2.45) is 5.92 Å². The zero-order valence-electron chi connectivity index (χ0n) is 15.5. The average molecular weight is 382 g/mol. The zero-order chi connectivity index (χ0) is 19.5. The van der Waals surface area contributed by atoms with Crippen LogP contribution in [0.15, 0.2) is 47.3 Å². The van der Waals surface area contributed by atoms with Gasteiger partial charge >= 0.3 is 5.69 Å². The van der Waals surface area contributed by atoms with E-state index < -0.39 is 0 Å². The van der Waals surface area contributed by atoms with Crippen molar-refractivity contribution in [1.82, 2.24) is 14.9 Å². The van der Waals surface area contributed by atoms with Crippen LogP contribution in [0.4, 0.5) is 10.1 Å². The Bertz CT molecular complexity index is 1020. The number of rotatable bonds is 5. The number of piperidine rings is 1. The highest BCUT2D eigenvalue weighted by Gasteiger charge is 2.21. The Hall–Kier alpha value is -2.93. The number of hydrogen-bond donors (Lipinski definition) is 3. The quantitative estimate of drug-likeness (QED) is 0.635. The lowest BCUT2D eigenvalue weighted by molar-refractivity contribution is -0.117. The molecule has 3 N–H and O–H groups in total. The smallest absolute Gasteiger partial charge is 0.323 e. The molecule has 2 aromatic carbocycles. The molecule has 1 aliphatic heterocycles. The van der Waals surface area contributed by atoms with Gasteiger partial charge in [-0.05, 0) is 74.2 Å². The van der Waals surface area contributed by atoms with Gasteiger partial charge in [0.1, 0.15) is 5.82 Å². The van der Waals surface area contributed by atoms with Crippen LogP contribution in [-0.2, 0) is 11.2 Å². The summed E-state index contributed by atoms with van der Waals surface area (Å²) in [5, 5.41) is 2.89. The molecular weight excluding hydrogens is 359 g/mol. The molecule has 0 aliphatic carbocycles. The standard InChI is InChI=1S/C21H23FN4O2/c22-16-3-1-14(2-4-16)11-15-7-9-26(10-8-15)13-20(27)23-17-5-6-18-19(12-17)25-21(28)24-18/h1-6,12,15H,7-11,13H2,(H,23,27)(H2,24,25,28). The minimum absolute atomic E-state index is 0.0609. The number of benzene rings is 2. The molecular formula is C21H23FN4O2. The molecule has 1 aromatic heterocycles. The lowest BCUT2D eigenvalue weighted by atomic mass is 9.90. The molecule has 0 bridgehead atoms. The molecule has 2 heterocycles. The number of H-pyrrole nitrogens is 2. The summed E-state index contributed by atoms with van der Waals surface area (Å²) in [6, 6.07) is 12.0. The number of nitrogens with zero attached hydrogens (tertiary/aromatic N) is 1. The number of nitrogens with one attached hydrogen (secondary N) is 3. The van der Waals surface area contributed by atoms with E-state index in [2.05, 4.69) is 20.2 Å². The van der Waals surface area contributed by atoms with Gasteiger partial charge in [-0.15, -0.1) is 0 Å². The van der Waals surface area contributed by atoms with Gasteiger partial charge in [0.2, 0.25) is 5.91 Å². The number of carbonyl (C=O) groups excluding carboxylic acids is 1. The van der Waals surface area contributed by atoms with Gasteiger partial charge in [-0.1, -0.05) is 12.1 Å². The Morgan fingerprint density at radius 3 is 2.54 bits per heavy atom. The first kappa shape index (κ1) is 18.4. The molecule has 0 radical (unpaired) electrons. The second-order valence-electron chi connectivity index (χ2n) is 7.44. The van der Waals surface area contributed by atoms with E-state index in [9.17, 15) is 14.0 Å². The Labute approximate surface area is 161 Å². The number of amides is 1. The summed E-state index contributed by atoms with van der Waals surface area (Å²) in [5.41, 5.74) is 2.95. The van der Waals surface area contributed by atoms with E-state index in [4.69, 9.17) is 0 Å². The fourth-order valence-electron chi connectivity index (χ4n) is 3.82. The van der Waals surface area contributed by atoms with Crippen LogP contribution in [0.1, 0.15) is 18.4 Å². The number of likely N-dealkylation sites (tertiary alicyclic amines) is 1. The zero-order valence-corrected chi connectivity index (χ0v) is 15.5. The summed E-state index contributed by atoms with van der Waals surface area (Å²) in [7, 11) is 0. The maximum absolute atomic E-state index is 13.0. The Balaban J connectivity index is 1.26. The Morgan fingerprint density at radius 1 is 1.07 bits per heavy atom. The van der Waals surface area contributed by atoms with E-state index in [-0.39, 0.29) is 17.4 Å². The molecule has 6 nitrogen and oxygen atoms in total. The van der Waals surface area contributed by atoms with E-state index in [1.165, 1.54) is 12.1 Å². The number of imidazole rings is 1. The molecule has 1 amide bonds. The third-order valence-electron chi connectivity index (χ3n) is 5.31. The van der Waals surface area contributed by atoms with Crippen LogP contribution in [-0.4, -0.2) is 40.4 Å². The van der Waals surface area contributed by atoms with Crippen LogP contribution in [0.3, 0.4) is 0 Å². The van der Waals surface area contributed by atoms with Crippen molar-refractivity contribution in [3.63, 3.8) is 0 Å². The second kappa shape index (κ2) is 7.98. The number of anilines is 1. The Kier molecular flexibility index (Phi) is 5.25. The fourth-order valence-corrected chi connectivity index (χ4v) is 3.82. The summed E-state index contributed by atoms with van der Waals surface area (Å²) in [6.45, 7) is 2.11. The molecule has 0 unspecified atom stereocenters. The number of carbonyl (C=O) groups is 1. The molecule has 4 rings (SSSR count). The van der Waals surface area contributed by atoms with Crippen LogP contribution in [0, 0.1) is 11.7 Å². The fraction of sp³-hybridized carbons (Fsp3) is 0.333. The van der Waals surface area contributed by atoms with E-state index in [0.717, 1.165) is 37.9 Å². The van der Waals surface area contributed by atoms with Crippen molar-refractivity contribution in [1.29, 1.82) is 0 Å². The van der Waals surface area contributed by atoms with Gasteiger partial charge in [0.25, 0.3) is 0 Å². The summed E-state index contributed by atoms with van der Waals surface area (Å²) < 4.78 is 13.0. The molecule has 0 spiro atoms. The van der Waals surface area contributed by atoms with Gasteiger partial charge in [-0.2, -0.15) is 0 Å². The van der Waals surface area contributed by atoms with E-state index in [0.29, 0.717) is 29.2 Å². The highest BCUT2D eigenvalue weighted by Crippen LogP contribution is 2.22. The van der Waals surface area contributed by atoms with Gasteiger partial charge in [0, 0.05) is 5.69 Å². The van der Waals surface area contributed by atoms with Crippen LogP contribution in [0.25, 0.3) is 11.0 Å². The van der Waals surface area contributed by atoms with Gasteiger partial charge in [0.05, 0.1) is 17.6 Å². The molecule has 0 saturated carbocycles. The van der Waals surface area contributed by atoms with Crippen LogP contribution in [0.2, 0.25) is 0 Å². The van der Waals surface area contributed by atoms with E-state index >= 15 is 0 Å². The van der Waals surface area contributed by atoms with Gasteiger partial charge in [0.15, 0.2) is 0 Å². The summed E-state index contributed by atoms with van der Waals surface area (Å²) in [4.78, 5) is 31.2. The van der Waals surface area contributed by atoms with Gasteiger partial charge in [-0.3, -0.25) is 9.69 Å². The van der Waals surface area contributed by atoms with E-state index in [1.54, 1.807) is 18.2 Å². The molecule has 3 aromatic rings. The normalized spacial score (nSPS) is 15.8. The average Bonchev–Trinajstić information content (AvgIpc) is 3.04. The third-order valence-corrected chi connectivity index (χ3v) is 5.31. The first-order valence-corrected chi connectivity index (χ1v) is 9.54. The van der Waals surface area contributed by atoms with Crippen molar-refractivity contribution in [2.75, 3.05) is 25.0 Å². The molecule has 1 saturated heterocycles. The SMILES string of the molecule is O=C(CN1CCC(Cc2ccc(F)cc2)CC1)Nc1ccc2[nH]c(=O)[nH]c2c1. The maximum Gasteiger partial charge on any atom is 0.323 e. The highest BCUT2D eigenvalue weighted by molar-refractivity contribution is 5.94. The number of fused-ring (bicyclic) bond motifs is 1. The number of hydrogen-bond acceptors (Lipinski definition) is 3. The van der Waals surface area contributed by atoms with Crippen molar-refractivity contribution >= 4 is 22.6 Å². The summed E-state index contributed by atoms with van der Waals surface area (Å²) in [5.74, 6) is 0.304. The Morgan fingerprint density at radius 2 is 1.79 bits per heavy atom. The van der Waals surface area contributed by atoms with Crippen molar-refractivity contribution in [3.8, 4) is 0 Å². The molecule has 0 atom stereocenters. The van der Waals surface area contributed by atoms with Crippen LogP contribution in [0.5, 0.6) is 0 Å². The second-order valence-corrected chi connectivity index (χ2v) is 7.44. The predicted octanol–water partition coefficient (Wildman–Crippen LogP) is 2.89. The highest BCUT2D eigenvalue weighted by atomic mass is 19.1.